The fraction of sp³-hybridized carbons (Fsp3) is 0.0370. The van der Waals surface area contributed by atoms with Gasteiger partial charge in [-0.15, -0.1) is 0 Å². The van der Waals surface area contributed by atoms with Gasteiger partial charge in [-0.3, -0.25) is 0 Å². The van der Waals surface area contributed by atoms with Crippen LogP contribution in [0.4, 0.5) is 0 Å². The zero-order valence-corrected chi connectivity index (χ0v) is 15.5. The molecule has 0 fully saturated rings. The second-order valence-electron chi connectivity index (χ2n) is 7.63. The van der Waals surface area contributed by atoms with E-state index in [4.69, 9.17) is 0 Å². The summed E-state index contributed by atoms with van der Waals surface area (Å²) in [6.07, 6.45) is 0. The highest BCUT2D eigenvalue weighted by molar-refractivity contribution is 6.36. The quantitative estimate of drug-likeness (QED) is 0.239. The molecule has 0 bridgehead atoms. The molecule has 0 atom stereocenters. The number of fused-ring (bicyclic) bond motifs is 2. The number of rotatable bonds is 1. The van der Waals surface area contributed by atoms with Crippen molar-refractivity contribution < 1.29 is 5.11 Å². The van der Waals surface area contributed by atoms with Gasteiger partial charge in [-0.05, 0) is 68.1 Å². The highest BCUT2D eigenvalue weighted by Gasteiger charge is 2.18. The first-order valence-electron chi connectivity index (χ1n) is 9.60. The van der Waals surface area contributed by atoms with Crippen LogP contribution in [0.3, 0.4) is 0 Å². The highest BCUT2D eigenvalue weighted by atomic mass is 16.3. The number of aryl methyl sites for hydroxylation is 1. The van der Waals surface area contributed by atoms with Crippen LogP contribution >= 0.6 is 0 Å². The maximum Gasteiger partial charge on any atom is 0.124 e. The van der Waals surface area contributed by atoms with Crippen molar-refractivity contribution in [3.8, 4) is 16.9 Å². The molecule has 0 radical (unpaired) electrons. The van der Waals surface area contributed by atoms with Gasteiger partial charge in [0, 0.05) is 10.8 Å². The Morgan fingerprint density at radius 1 is 0.571 bits per heavy atom. The molecule has 0 saturated carbocycles. The second-order valence-corrected chi connectivity index (χ2v) is 7.63. The van der Waals surface area contributed by atoms with E-state index in [1.165, 1.54) is 32.3 Å². The Bertz CT molecular complexity index is 1510. The van der Waals surface area contributed by atoms with Crippen molar-refractivity contribution >= 4 is 43.1 Å². The summed E-state index contributed by atoms with van der Waals surface area (Å²) in [5.74, 6) is 0.342. The molecule has 132 valence electrons. The minimum atomic E-state index is 0.342. The van der Waals surface area contributed by atoms with E-state index in [0.29, 0.717) is 5.75 Å². The van der Waals surface area contributed by atoms with Gasteiger partial charge in [0.1, 0.15) is 5.75 Å². The number of hydrogen-bond acceptors (Lipinski definition) is 1. The van der Waals surface area contributed by atoms with Crippen molar-refractivity contribution in [2.45, 2.75) is 6.92 Å². The van der Waals surface area contributed by atoms with Gasteiger partial charge in [0.2, 0.25) is 0 Å². The van der Waals surface area contributed by atoms with E-state index in [9.17, 15) is 5.11 Å². The molecule has 0 aliphatic rings. The Morgan fingerprint density at radius 2 is 1.29 bits per heavy atom. The largest absolute Gasteiger partial charge is 0.507 e. The average Bonchev–Trinajstić information content (AvgIpc) is 2.73. The van der Waals surface area contributed by atoms with Crippen LogP contribution in [0, 0.1) is 6.92 Å². The third kappa shape index (κ3) is 1.96. The number of phenols is 1. The molecule has 0 heterocycles. The fourth-order valence-electron chi connectivity index (χ4n) is 4.79. The number of aromatic hydroxyl groups is 1. The Morgan fingerprint density at radius 3 is 2.07 bits per heavy atom. The SMILES string of the molecule is Cc1cc2c(O)cc(-c3ccccc3)c3c4cccc5cccc(c(c1)c23)c54. The zero-order chi connectivity index (χ0) is 18.8. The molecule has 0 aliphatic carbocycles. The minimum absolute atomic E-state index is 0.342. The first-order chi connectivity index (χ1) is 13.7. The lowest BCUT2D eigenvalue weighted by molar-refractivity contribution is 0.482. The van der Waals surface area contributed by atoms with Gasteiger partial charge in [0.15, 0.2) is 0 Å². The van der Waals surface area contributed by atoms with Crippen molar-refractivity contribution in [2.24, 2.45) is 0 Å². The molecule has 0 amide bonds. The van der Waals surface area contributed by atoms with Crippen molar-refractivity contribution in [1.82, 2.24) is 0 Å². The van der Waals surface area contributed by atoms with Gasteiger partial charge < -0.3 is 5.11 Å². The molecule has 6 rings (SSSR count). The predicted molar refractivity (Wildman–Crippen MR) is 119 cm³/mol. The Balaban J connectivity index is 2.01. The van der Waals surface area contributed by atoms with Gasteiger partial charge in [-0.25, -0.2) is 0 Å². The van der Waals surface area contributed by atoms with Crippen molar-refractivity contribution in [2.75, 3.05) is 0 Å². The average molecular weight is 358 g/mol. The third-order valence-corrected chi connectivity index (χ3v) is 5.91. The molecule has 0 aliphatic heterocycles. The molecule has 0 unspecified atom stereocenters. The third-order valence-electron chi connectivity index (χ3n) is 5.91. The van der Waals surface area contributed by atoms with Gasteiger partial charge in [0.05, 0.1) is 0 Å². The molecular weight excluding hydrogens is 340 g/mol. The molecular formula is C27H18O. The van der Waals surface area contributed by atoms with E-state index in [0.717, 1.165) is 27.5 Å². The molecule has 6 aromatic rings. The van der Waals surface area contributed by atoms with Crippen LogP contribution in [0.2, 0.25) is 0 Å². The van der Waals surface area contributed by atoms with Crippen LogP contribution in [-0.4, -0.2) is 5.11 Å². The maximum atomic E-state index is 10.9. The minimum Gasteiger partial charge on any atom is -0.507 e. The molecule has 0 aromatic heterocycles. The monoisotopic (exact) mass is 358 g/mol. The predicted octanol–water partition coefficient (Wildman–Crippen LogP) is 7.42. The van der Waals surface area contributed by atoms with E-state index in [1.807, 2.05) is 12.1 Å². The Hall–Kier alpha value is -3.58. The van der Waals surface area contributed by atoms with Crippen LogP contribution in [0.25, 0.3) is 54.2 Å². The molecule has 1 N–H and O–H groups in total. The summed E-state index contributed by atoms with van der Waals surface area (Å²) in [5, 5.41) is 20.5. The van der Waals surface area contributed by atoms with E-state index in [1.54, 1.807) is 0 Å². The lowest BCUT2D eigenvalue weighted by Gasteiger charge is -2.19. The summed E-state index contributed by atoms with van der Waals surface area (Å²) in [6, 6.07) is 29.7. The first kappa shape index (κ1) is 15.5. The lowest BCUT2D eigenvalue weighted by Crippen LogP contribution is -1.91. The van der Waals surface area contributed by atoms with E-state index < -0.39 is 0 Å². The smallest absolute Gasteiger partial charge is 0.124 e. The zero-order valence-electron chi connectivity index (χ0n) is 15.5. The van der Waals surface area contributed by atoms with Crippen LogP contribution in [0.5, 0.6) is 5.75 Å². The molecule has 28 heavy (non-hydrogen) atoms. The van der Waals surface area contributed by atoms with E-state index in [2.05, 4.69) is 79.7 Å². The molecule has 1 heteroatoms. The summed E-state index contributed by atoms with van der Waals surface area (Å²) >= 11 is 0. The second kappa shape index (κ2) is 5.46. The van der Waals surface area contributed by atoms with Crippen molar-refractivity contribution in [3.05, 3.63) is 90.5 Å². The number of benzene rings is 6. The topological polar surface area (TPSA) is 20.2 Å². The van der Waals surface area contributed by atoms with Gasteiger partial charge >= 0.3 is 0 Å². The van der Waals surface area contributed by atoms with Crippen LogP contribution in [0.1, 0.15) is 5.56 Å². The molecule has 1 nitrogen and oxygen atoms in total. The van der Waals surface area contributed by atoms with Gasteiger partial charge in [-0.2, -0.15) is 0 Å². The molecule has 0 spiro atoms. The summed E-state index contributed by atoms with van der Waals surface area (Å²) in [4.78, 5) is 0. The molecule has 6 aromatic carbocycles. The maximum absolute atomic E-state index is 10.9. The van der Waals surface area contributed by atoms with Gasteiger partial charge in [0.25, 0.3) is 0 Å². The Kier molecular flexibility index (Phi) is 3.02. The van der Waals surface area contributed by atoms with Crippen LogP contribution < -0.4 is 0 Å². The van der Waals surface area contributed by atoms with Crippen LogP contribution in [-0.2, 0) is 0 Å². The van der Waals surface area contributed by atoms with E-state index >= 15 is 0 Å². The van der Waals surface area contributed by atoms with Crippen molar-refractivity contribution in [3.63, 3.8) is 0 Å². The normalized spacial score (nSPS) is 11.9. The van der Waals surface area contributed by atoms with Crippen molar-refractivity contribution in [1.29, 1.82) is 0 Å². The fourth-order valence-corrected chi connectivity index (χ4v) is 4.79. The Labute approximate surface area is 162 Å². The first-order valence-corrected chi connectivity index (χ1v) is 9.60. The number of hydrogen-bond donors (Lipinski definition) is 1. The van der Waals surface area contributed by atoms with E-state index in [-0.39, 0.29) is 0 Å². The summed E-state index contributed by atoms with van der Waals surface area (Å²) < 4.78 is 0. The molecule has 0 saturated heterocycles. The highest BCUT2D eigenvalue weighted by Crippen LogP contribution is 2.47. The van der Waals surface area contributed by atoms with Gasteiger partial charge in [-0.1, -0.05) is 72.8 Å². The summed E-state index contributed by atoms with van der Waals surface area (Å²) in [6.45, 7) is 2.10. The standard InChI is InChI=1S/C27H18O/c1-16-13-22-19-11-5-9-18-10-6-12-20(25(18)19)26-21(17-7-3-2-4-8-17)15-24(28)23(14-16)27(22)26/h2-15,28H,1H3. The van der Waals surface area contributed by atoms with Crippen LogP contribution in [0.15, 0.2) is 84.9 Å². The lowest BCUT2D eigenvalue weighted by atomic mass is 9.85. The summed E-state index contributed by atoms with van der Waals surface area (Å²) in [5.41, 5.74) is 3.36. The summed E-state index contributed by atoms with van der Waals surface area (Å²) in [7, 11) is 0. The number of phenolic OH excluding ortho intramolecular Hbond substituents is 1.